The summed E-state index contributed by atoms with van der Waals surface area (Å²) in [6.07, 6.45) is 2.08. The van der Waals surface area contributed by atoms with Crippen molar-refractivity contribution >= 4 is 21.6 Å². The summed E-state index contributed by atoms with van der Waals surface area (Å²) in [6, 6.07) is 6.69. The van der Waals surface area contributed by atoms with E-state index in [1.54, 1.807) is 6.92 Å². The second-order valence-corrected chi connectivity index (χ2v) is 6.41. The van der Waals surface area contributed by atoms with E-state index >= 15 is 0 Å². The molecule has 1 N–H and O–H groups in total. The second kappa shape index (κ2) is 6.25. The smallest absolute Gasteiger partial charge is 0.0762 e. The summed E-state index contributed by atoms with van der Waals surface area (Å²) in [4.78, 5) is 4.74. The summed E-state index contributed by atoms with van der Waals surface area (Å²) in [5.41, 5.74) is 2.15. The third-order valence-electron chi connectivity index (χ3n) is 3.98. The van der Waals surface area contributed by atoms with Crippen LogP contribution in [0.5, 0.6) is 0 Å². The van der Waals surface area contributed by atoms with Crippen molar-refractivity contribution in [2.24, 2.45) is 0 Å². The van der Waals surface area contributed by atoms with Gasteiger partial charge in [-0.2, -0.15) is 0 Å². The first-order chi connectivity index (χ1) is 8.99. The van der Waals surface area contributed by atoms with E-state index in [4.69, 9.17) is 0 Å². The Hall–Kier alpha value is -0.580. The summed E-state index contributed by atoms with van der Waals surface area (Å²) in [6.45, 7) is 4.11. The maximum atomic E-state index is 9.62. The highest BCUT2D eigenvalue weighted by Crippen LogP contribution is 2.31. The van der Waals surface area contributed by atoms with Crippen LogP contribution in [0.15, 0.2) is 22.7 Å². The van der Waals surface area contributed by atoms with Gasteiger partial charge in [0, 0.05) is 24.1 Å². The Bertz CT molecular complexity index is 436. The van der Waals surface area contributed by atoms with Gasteiger partial charge in [0.05, 0.1) is 11.8 Å². The highest BCUT2D eigenvalue weighted by molar-refractivity contribution is 9.10. The maximum Gasteiger partial charge on any atom is 0.0762 e. The first-order valence-electron chi connectivity index (χ1n) is 6.88. The lowest BCUT2D eigenvalue weighted by Crippen LogP contribution is -2.45. The predicted molar refractivity (Wildman–Crippen MR) is 83.7 cm³/mol. The van der Waals surface area contributed by atoms with Crippen molar-refractivity contribution in [2.45, 2.75) is 31.9 Å². The highest BCUT2D eigenvalue weighted by Gasteiger charge is 2.22. The minimum Gasteiger partial charge on any atom is -0.389 e. The molecule has 0 bridgehead atoms. The number of anilines is 1. The van der Waals surface area contributed by atoms with Crippen molar-refractivity contribution in [1.82, 2.24) is 4.90 Å². The predicted octanol–water partition coefficient (Wildman–Crippen LogP) is 3.03. The van der Waals surface area contributed by atoms with E-state index in [9.17, 15) is 5.11 Å². The Kier molecular flexibility index (Phi) is 4.87. The van der Waals surface area contributed by atoms with E-state index in [1.165, 1.54) is 25.1 Å². The maximum absolute atomic E-state index is 9.62. The van der Waals surface area contributed by atoms with Crippen LogP contribution in [0.25, 0.3) is 0 Å². The van der Waals surface area contributed by atoms with Crippen molar-refractivity contribution in [3.63, 3.8) is 0 Å². The van der Waals surface area contributed by atoms with Gasteiger partial charge in [0.25, 0.3) is 0 Å². The normalized spacial score (nSPS) is 22.3. The zero-order chi connectivity index (χ0) is 14.0. The van der Waals surface area contributed by atoms with Gasteiger partial charge >= 0.3 is 0 Å². The molecule has 2 rings (SSSR count). The fourth-order valence-electron chi connectivity index (χ4n) is 2.72. The van der Waals surface area contributed by atoms with Crippen LogP contribution in [-0.4, -0.2) is 43.2 Å². The first kappa shape index (κ1) is 14.8. The number of aliphatic hydroxyl groups is 1. The number of nitrogens with zero attached hydrogens (tertiary/aromatic N) is 2. The van der Waals surface area contributed by atoms with Gasteiger partial charge in [-0.1, -0.05) is 6.07 Å². The summed E-state index contributed by atoms with van der Waals surface area (Å²) >= 11 is 3.63. The lowest BCUT2D eigenvalue weighted by atomic mass is 10.0. The van der Waals surface area contributed by atoms with E-state index in [0.717, 1.165) is 16.6 Å². The molecule has 0 aromatic heterocycles. The molecule has 19 heavy (non-hydrogen) atoms. The number of halogens is 1. The van der Waals surface area contributed by atoms with Crippen molar-refractivity contribution in [3.05, 3.63) is 28.2 Å². The van der Waals surface area contributed by atoms with Crippen LogP contribution < -0.4 is 4.90 Å². The summed E-state index contributed by atoms with van der Waals surface area (Å²) in [5, 5.41) is 9.62. The molecule has 1 unspecified atom stereocenters. The fraction of sp³-hybridized carbons (Fsp3) is 0.600. The largest absolute Gasteiger partial charge is 0.389 e. The van der Waals surface area contributed by atoms with Crippen molar-refractivity contribution in [3.8, 4) is 0 Å². The molecule has 0 radical (unpaired) electrons. The SMILES string of the molecule is C[C@H](O)c1ccc(N(C)C2CCCN(C)C2)c(Br)c1. The Morgan fingerprint density at radius 3 is 2.79 bits per heavy atom. The Morgan fingerprint density at radius 1 is 1.47 bits per heavy atom. The molecule has 106 valence electrons. The molecule has 2 atom stereocenters. The minimum atomic E-state index is -0.420. The molecule has 3 nitrogen and oxygen atoms in total. The number of benzene rings is 1. The van der Waals surface area contributed by atoms with E-state index in [2.05, 4.69) is 45.9 Å². The Balaban J connectivity index is 2.16. The molecule has 1 aromatic rings. The van der Waals surface area contributed by atoms with Crippen LogP contribution in [-0.2, 0) is 0 Å². The van der Waals surface area contributed by atoms with Crippen molar-refractivity contribution in [1.29, 1.82) is 0 Å². The number of likely N-dealkylation sites (tertiary alicyclic amines) is 1. The van der Waals surface area contributed by atoms with Gasteiger partial charge in [-0.3, -0.25) is 0 Å². The number of likely N-dealkylation sites (N-methyl/N-ethyl adjacent to an activating group) is 2. The molecule has 0 spiro atoms. The van der Waals surface area contributed by atoms with Crippen LogP contribution in [0, 0.1) is 0 Å². The summed E-state index contributed by atoms with van der Waals surface area (Å²) in [5.74, 6) is 0. The van der Waals surface area contributed by atoms with Gasteiger partial charge in [0.1, 0.15) is 0 Å². The van der Waals surface area contributed by atoms with Gasteiger partial charge in [-0.25, -0.2) is 0 Å². The average molecular weight is 327 g/mol. The second-order valence-electron chi connectivity index (χ2n) is 5.56. The van der Waals surface area contributed by atoms with Crippen LogP contribution in [0.3, 0.4) is 0 Å². The summed E-state index contributed by atoms with van der Waals surface area (Å²) < 4.78 is 1.06. The lowest BCUT2D eigenvalue weighted by Gasteiger charge is -2.37. The van der Waals surface area contributed by atoms with E-state index in [-0.39, 0.29) is 0 Å². The van der Waals surface area contributed by atoms with Crippen molar-refractivity contribution in [2.75, 3.05) is 32.1 Å². The van der Waals surface area contributed by atoms with Crippen LogP contribution >= 0.6 is 15.9 Å². The standard InChI is InChI=1S/C15H23BrN2O/c1-11(19)12-6-7-15(14(16)9-12)18(3)13-5-4-8-17(2)10-13/h6-7,9,11,13,19H,4-5,8,10H2,1-3H3/t11-,13?/m0/s1. The number of hydrogen-bond acceptors (Lipinski definition) is 3. The number of aliphatic hydroxyl groups excluding tert-OH is 1. The molecular weight excluding hydrogens is 304 g/mol. The molecule has 1 aromatic carbocycles. The molecule has 1 aliphatic rings. The molecular formula is C15H23BrN2O. The third-order valence-corrected chi connectivity index (χ3v) is 4.62. The van der Waals surface area contributed by atoms with E-state index in [0.29, 0.717) is 6.04 Å². The summed E-state index contributed by atoms with van der Waals surface area (Å²) in [7, 11) is 4.34. The van der Waals surface area contributed by atoms with E-state index < -0.39 is 6.10 Å². The first-order valence-corrected chi connectivity index (χ1v) is 7.67. The lowest BCUT2D eigenvalue weighted by molar-refractivity contribution is 0.199. The van der Waals surface area contributed by atoms with Crippen LogP contribution in [0.1, 0.15) is 31.4 Å². The Labute approximate surface area is 124 Å². The topological polar surface area (TPSA) is 26.7 Å². The molecule has 1 saturated heterocycles. The highest BCUT2D eigenvalue weighted by atomic mass is 79.9. The van der Waals surface area contributed by atoms with E-state index in [1.807, 2.05) is 12.1 Å². The molecule has 1 aliphatic heterocycles. The number of rotatable bonds is 3. The number of hydrogen-bond donors (Lipinski definition) is 1. The fourth-order valence-corrected chi connectivity index (χ4v) is 3.40. The zero-order valence-corrected chi connectivity index (χ0v) is 13.5. The average Bonchev–Trinajstić information content (AvgIpc) is 2.37. The molecule has 0 amide bonds. The molecule has 4 heteroatoms. The zero-order valence-electron chi connectivity index (χ0n) is 11.9. The van der Waals surface area contributed by atoms with Gasteiger partial charge in [0.2, 0.25) is 0 Å². The van der Waals surface area contributed by atoms with Crippen LogP contribution in [0.4, 0.5) is 5.69 Å². The Morgan fingerprint density at radius 2 is 2.21 bits per heavy atom. The number of piperidine rings is 1. The van der Waals surface area contributed by atoms with Crippen LogP contribution in [0.2, 0.25) is 0 Å². The molecule has 0 saturated carbocycles. The molecule has 1 heterocycles. The van der Waals surface area contributed by atoms with Gasteiger partial charge in [-0.15, -0.1) is 0 Å². The van der Waals surface area contributed by atoms with Gasteiger partial charge in [-0.05, 0) is 67.0 Å². The van der Waals surface area contributed by atoms with Crippen molar-refractivity contribution < 1.29 is 5.11 Å². The molecule has 0 aliphatic carbocycles. The van der Waals surface area contributed by atoms with Gasteiger partial charge < -0.3 is 14.9 Å². The third kappa shape index (κ3) is 3.50. The quantitative estimate of drug-likeness (QED) is 0.924. The molecule has 1 fully saturated rings. The minimum absolute atomic E-state index is 0.420. The monoisotopic (exact) mass is 326 g/mol. The van der Waals surface area contributed by atoms with Gasteiger partial charge in [0.15, 0.2) is 0 Å².